The van der Waals surface area contributed by atoms with Gasteiger partial charge in [0.15, 0.2) is 0 Å². The Morgan fingerprint density at radius 1 is 1.31 bits per heavy atom. The average Bonchev–Trinajstić information content (AvgIpc) is 3.17. The first-order valence-corrected chi connectivity index (χ1v) is 11.1. The largest absolute Gasteiger partial charge is 0.461 e. The molecule has 7 heteroatoms. The zero-order valence-corrected chi connectivity index (χ0v) is 17.3. The Kier molecular flexibility index (Phi) is 4.78. The van der Waals surface area contributed by atoms with Crippen LogP contribution >= 0.6 is 0 Å². The van der Waals surface area contributed by atoms with Crippen LogP contribution in [0.5, 0.6) is 6.01 Å². The molecule has 0 radical (unpaired) electrons. The molecule has 0 spiro atoms. The van der Waals surface area contributed by atoms with Gasteiger partial charge in [-0.25, -0.2) is 4.98 Å². The number of aromatic nitrogens is 2. The highest BCUT2D eigenvalue weighted by Gasteiger charge is 2.55. The highest BCUT2D eigenvalue weighted by molar-refractivity contribution is 5.95. The van der Waals surface area contributed by atoms with Crippen molar-refractivity contribution < 1.29 is 19.4 Å². The van der Waals surface area contributed by atoms with E-state index in [1.54, 1.807) is 6.20 Å². The summed E-state index contributed by atoms with van der Waals surface area (Å²) in [5.74, 6) is 1.22. The minimum atomic E-state index is -0.500. The first kappa shape index (κ1) is 19.2. The van der Waals surface area contributed by atoms with Crippen molar-refractivity contribution >= 4 is 5.91 Å². The van der Waals surface area contributed by atoms with Crippen molar-refractivity contribution in [1.29, 1.82) is 0 Å². The van der Waals surface area contributed by atoms with Crippen LogP contribution in [0, 0.1) is 17.8 Å². The molecule has 4 aliphatic carbocycles. The molecule has 1 saturated heterocycles. The Morgan fingerprint density at radius 2 is 2.07 bits per heavy atom. The van der Waals surface area contributed by atoms with Crippen molar-refractivity contribution in [2.75, 3.05) is 6.61 Å². The van der Waals surface area contributed by atoms with Gasteiger partial charge in [-0.2, -0.15) is 4.98 Å². The van der Waals surface area contributed by atoms with Gasteiger partial charge < -0.3 is 19.9 Å². The highest BCUT2D eigenvalue weighted by Crippen LogP contribution is 2.55. The van der Waals surface area contributed by atoms with Crippen LogP contribution in [0.3, 0.4) is 0 Å². The van der Waals surface area contributed by atoms with E-state index in [9.17, 15) is 9.90 Å². The Hall–Kier alpha value is -1.73. The summed E-state index contributed by atoms with van der Waals surface area (Å²) in [7, 11) is 0. The number of nitrogens with one attached hydrogen (secondary N) is 1. The van der Waals surface area contributed by atoms with Crippen LogP contribution in [0.2, 0.25) is 0 Å². The Morgan fingerprint density at radius 3 is 2.69 bits per heavy atom. The molecular formula is C22H31N3O4. The summed E-state index contributed by atoms with van der Waals surface area (Å²) in [4.78, 5) is 22.1. The maximum absolute atomic E-state index is 13.3. The highest BCUT2D eigenvalue weighted by atomic mass is 16.5. The molecule has 5 aliphatic rings. The molecule has 2 heterocycles. The van der Waals surface area contributed by atoms with E-state index in [0.29, 0.717) is 41.6 Å². The Balaban J connectivity index is 1.38. The summed E-state index contributed by atoms with van der Waals surface area (Å²) < 4.78 is 11.5. The van der Waals surface area contributed by atoms with Gasteiger partial charge in [0.25, 0.3) is 5.91 Å². The predicted octanol–water partition coefficient (Wildman–Crippen LogP) is 2.78. The third-order valence-electron chi connectivity index (χ3n) is 7.16. The lowest BCUT2D eigenvalue weighted by molar-refractivity contribution is -0.136. The van der Waals surface area contributed by atoms with Crippen LogP contribution in [0.4, 0.5) is 0 Å². The minimum Gasteiger partial charge on any atom is -0.461 e. The van der Waals surface area contributed by atoms with Crippen molar-refractivity contribution in [2.45, 2.75) is 82.6 Å². The van der Waals surface area contributed by atoms with Crippen molar-refractivity contribution in [2.24, 2.45) is 17.8 Å². The van der Waals surface area contributed by atoms with Gasteiger partial charge in [0.05, 0.1) is 23.0 Å². The summed E-state index contributed by atoms with van der Waals surface area (Å²) in [5, 5.41) is 14.1. The molecule has 3 atom stereocenters. The molecule has 0 aromatic carbocycles. The Bertz CT molecular complexity index is 776. The first-order valence-electron chi connectivity index (χ1n) is 11.1. The van der Waals surface area contributed by atoms with Crippen molar-refractivity contribution in [1.82, 2.24) is 15.3 Å². The van der Waals surface area contributed by atoms with Gasteiger partial charge in [-0.15, -0.1) is 0 Å². The third kappa shape index (κ3) is 3.63. The van der Waals surface area contributed by atoms with Crippen molar-refractivity contribution in [3.8, 4) is 6.01 Å². The zero-order chi connectivity index (χ0) is 20.2. The van der Waals surface area contributed by atoms with E-state index in [-0.39, 0.29) is 24.2 Å². The van der Waals surface area contributed by atoms with Crippen LogP contribution in [0.1, 0.15) is 80.9 Å². The molecule has 4 bridgehead atoms. The molecule has 7 nitrogen and oxygen atoms in total. The van der Waals surface area contributed by atoms with E-state index in [4.69, 9.17) is 9.47 Å². The lowest BCUT2D eigenvalue weighted by atomic mass is 9.52. The number of carbonyl (C=O) groups is 1. The Labute approximate surface area is 171 Å². The fraction of sp³-hybridized carbons (Fsp3) is 0.773. The van der Waals surface area contributed by atoms with E-state index < -0.39 is 5.60 Å². The molecule has 2 N–H and O–H groups in total. The van der Waals surface area contributed by atoms with E-state index in [1.807, 2.05) is 13.8 Å². The molecule has 2 unspecified atom stereocenters. The van der Waals surface area contributed by atoms with Gasteiger partial charge in [0.1, 0.15) is 6.10 Å². The fourth-order valence-electron chi connectivity index (χ4n) is 6.31. The van der Waals surface area contributed by atoms with Crippen molar-refractivity contribution in [3.63, 3.8) is 0 Å². The average molecular weight is 402 g/mol. The topological polar surface area (TPSA) is 93.6 Å². The van der Waals surface area contributed by atoms with Crippen LogP contribution in [0.25, 0.3) is 0 Å². The summed E-state index contributed by atoms with van der Waals surface area (Å²) >= 11 is 0. The summed E-state index contributed by atoms with van der Waals surface area (Å²) in [6, 6.07) is 0.419. The summed E-state index contributed by atoms with van der Waals surface area (Å²) in [5.41, 5.74) is 0.619. The smallest absolute Gasteiger partial charge is 0.316 e. The molecule has 1 aromatic heterocycles. The number of amides is 1. The third-order valence-corrected chi connectivity index (χ3v) is 7.16. The zero-order valence-electron chi connectivity index (χ0n) is 17.3. The first-order chi connectivity index (χ1) is 13.9. The van der Waals surface area contributed by atoms with E-state index in [2.05, 4.69) is 15.3 Å². The van der Waals surface area contributed by atoms with Crippen LogP contribution in [-0.4, -0.2) is 45.3 Å². The standard InChI is InChI=1S/C22H31N3O4/c1-12(2)29-21-23-11-16(19(25-21)17-4-3-5-28-17)20(26)24-18-14-6-13-7-15(18)10-22(27,8-13)9-14/h11-15,17-18,27H,3-10H2,1-2H3,(H,24,26)/t13?,14?,15?,17-,18-,22+/m1/s1. The second-order valence-corrected chi connectivity index (χ2v) is 9.81. The van der Waals surface area contributed by atoms with Gasteiger partial charge in [-0.1, -0.05) is 0 Å². The van der Waals surface area contributed by atoms with E-state index in [0.717, 1.165) is 44.9 Å². The second kappa shape index (κ2) is 7.20. The monoisotopic (exact) mass is 401 g/mol. The van der Waals surface area contributed by atoms with Crippen molar-refractivity contribution in [3.05, 3.63) is 17.5 Å². The molecular weight excluding hydrogens is 370 g/mol. The van der Waals surface area contributed by atoms with Crippen LogP contribution in [-0.2, 0) is 4.74 Å². The van der Waals surface area contributed by atoms with E-state index >= 15 is 0 Å². The lowest BCUT2D eigenvalue weighted by Crippen LogP contribution is -2.61. The summed E-state index contributed by atoms with van der Waals surface area (Å²) in [6.07, 6.45) is 7.95. The molecule has 158 valence electrons. The number of hydrogen-bond acceptors (Lipinski definition) is 6. The molecule has 6 rings (SSSR count). The number of nitrogens with zero attached hydrogens (tertiary/aromatic N) is 2. The fourth-order valence-corrected chi connectivity index (χ4v) is 6.31. The number of ether oxygens (including phenoxy) is 2. The molecule has 4 saturated carbocycles. The minimum absolute atomic E-state index is 0.0362. The van der Waals surface area contributed by atoms with Gasteiger partial charge >= 0.3 is 6.01 Å². The SMILES string of the molecule is CC(C)Oc1ncc(C(=O)N[C@H]2C3CC4CC2C[C@@](O)(C4)C3)c([C@H]2CCCO2)n1. The normalized spacial score (nSPS) is 37.9. The lowest BCUT2D eigenvalue weighted by Gasteiger charge is -2.58. The molecule has 1 aliphatic heterocycles. The van der Waals surface area contributed by atoms with Crippen LogP contribution < -0.4 is 10.1 Å². The van der Waals surface area contributed by atoms with E-state index in [1.165, 1.54) is 0 Å². The number of aliphatic hydroxyl groups is 1. The molecule has 1 aromatic rings. The maximum atomic E-state index is 13.3. The molecule has 5 fully saturated rings. The van der Waals surface area contributed by atoms with Crippen LogP contribution in [0.15, 0.2) is 6.20 Å². The predicted molar refractivity (Wildman–Crippen MR) is 105 cm³/mol. The number of rotatable bonds is 5. The molecule has 29 heavy (non-hydrogen) atoms. The maximum Gasteiger partial charge on any atom is 0.316 e. The quantitative estimate of drug-likeness (QED) is 0.788. The molecule has 1 amide bonds. The number of carbonyl (C=O) groups excluding carboxylic acids is 1. The van der Waals surface area contributed by atoms with Gasteiger partial charge in [0, 0.05) is 18.8 Å². The van der Waals surface area contributed by atoms with Gasteiger partial charge in [-0.05, 0) is 76.5 Å². The second-order valence-electron chi connectivity index (χ2n) is 9.81. The summed E-state index contributed by atoms with van der Waals surface area (Å²) in [6.45, 7) is 4.54. The van der Waals surface area contributed by atoms with Gasteiger partial charge in [0.2, 0.25) is 0 Å². The van der Waals surface area contributed by atoms with Gasteiger partial charge in [-0.3, -0.25) is 4.79 Å². The number of hydrogen-bond donors (Lipinski definition) is 2.